The summed E-state index contributed by atoms with van der Waals surface area (Å²) in [6, 6.07) is 4.56. The second-order valence-corrected chi connectivity index (χ2v) is 4.05. The van der Waals surface area contributed by atoms with E-state index in [1.54, 1.807) is 12.1 Å². The summed E-state index contributed by atoms with van der Waals surface area (Å²) >= 11 is 3.13. The summed E-state index contributed by atoms with van der Waals surface area (Å²) in [6.07, 6.45) is 1.19. The van der Waals surface area contributed by atoms with Crippen LogP contribution in [0.4, 0.5) is 0 Å². The molecule has 1 heterocycles. The van der Waals surface area contributed by atoms with E-state index in [9.17, 15) is 9.90 Å². The summed E-state index contributed by atoms with van der Waals surface area (Å²) in [4.78, 5) is 15.4. The number of benzene rings is 1. The van der Waals surface area contributed by atoms with Gasteiger partial charge >= 0.3 is 0 Å². The van der Waals surface area contributed by atoms with Crippen molar-refractivity contribution in [3.05, 3.63) is 40.5 Å². The molecule has 0 aliphatic carbocycles. The molecule has 0 unspecified atom stereocenters. The van der Waals surface area contributed by atoms with Crippen molar-refractivity contribution < 1.29 is 14.4 Å². The predicted octanol–water partition coefficient (Wildman–Crippen LogP) is 1.47. The predicted molar refractivity (Wildman–Crippen MR) is 61.3 cm³/mol. The molecule has 0 fully saturated rings. The van der Waals surface area contributed by atoms with E-state index in [4.69, 9.17) is 0 Å². The van der Waals surface area contributed by atoms with Gasteiger partial charge in [-0.3, -0.25) is 4.79 Å². The van der Waals surface area contributed by atoms with Gasteiger partial charge in [-0.05, 0) is 34.1 Å². The van der Waals surface area contributed by atoms with E-state index in [1.807, 2.05) is 0 Å². The first-order valence-electron chi connectivity index (χ1n) is 4.69. The molecule has 0 saturated carbocycles. The van der Waals surface area contributed by atoms with E-state index in [0.717, 1.165) is 0 Å². The van der Waals surface area contributed by atoms with Gasteiger partial charge in [0.15, 0.2) is 5.82 Å². The molecule has 1 aromatic heterocycles. The van der Waals surface area contributed by atoms with Crippen molar-refractivity contribution in [2.45, 2.75) is 6.54 Å². The molecule has 0 atom stereocenters. The van der Waals surface area contributed by atoms with Crippen molar-refractivity contribution in [2.75, 3.05) is 0 Å². The molecule has 7 heteroatoms. The Balaban J connectivity index is 2.02. The second kappa shape index (κ2) is 4.96. The number of carbonyl (C=O) groups excluding carboxylic acids is 1. The van der Waals surface area contributed by atoms with Crippen LogP contribution in [0.15, 0.2) is 33.6 Å². The molecule has 0 aliphatic heterocycles. The molecule has 2 N–H and O–H groups in total. The molecular weight excluding hydrogens is 290 g/mol. The summed E-state index contributed by atoms with van der Waals surface area (Å²) in [5.74, 6) is 0.0782. The Labute approximate surface area is 105 Å². The third kappa shape index (κ3) is 2.82. The Bertz CT molecular complexity index is 528. The fourth-order valence-corrected chi connectivity index (χ4v) is 1.43. The topological polar surface area (TPSA) is 88.3 Å². The summed E-state index contributed by atoms with van der Waals surface area (Å²) in [5.41, 5.74) is 0.356. The Kier molecular flexibility index (Phi) is 3.38. The van der Waals surface area contributed by atoms with Gasteiger partial charge in [0.1, 0.15) is 5.75 Å². The number of halogens is 1. The van der Waals surface area contributed by atoms with Crippen LogP contribution in [-0.2, 0) is 6.54 Å². The van der Waals surface area contributed by atoms with Crippen molar-refractivity contribution in [3.8, 4) is 5.75 Å². The number of amides is 1. The van der Waals surface area contributed by atoms with Gasteiger partial charge in [0.25, 0.3) is 5.91 Å². The zero-order valence-corrected chi connectivity index (χ0v) is 10.1. The number of phenolic OH excluding ortho intramolecular Hbond substituents is 1. The van der Waals surface area contributed by atoms with Crippen molar-refractivity contribution in [1.29, 1.82) is 0 Å². The van der Waals surface area contributed by atoms with E-state index in [0.29, 0.717) is 15.9 Å². The summed E-state index contributed by atoms with van der Waals surface area (Å²) in [7, 11) is 0. The lowest BCUT2D eigenvalue weighted by Crippen LogP contribution is -2.23. The lowest BCUT2D eigenvalue weighted by molar-refractivity contribution is 0.0949. The van der Waals surface area contributed by atoms with Crippen LogP contribution in [-0.4, -0.2) is 21.2 Å². The molecule has 0 bridgehead atoms. The van der Waals surface area contributed by atoms with Crippen LogP contribution in [0.2, 0.25) is 0 Å². The maximum Gasteiger partial charge on any atom is 0.251 e. The molecule has 88 valence electrons. The van der Waals surface area contributed by atoms with E-state index < -0.39 is 0 Å². The highest BCUT2D eigenvalue weighted by Gasteiger charge is 2.09. The van der Waals surface area contributed by atoms with E-state index in [1.165, 1.54) is 12.5 Å². The van der Waals surface area contributed by atoms with Crippen LogP contribution in [0.5, 0.6) is 5.75 Å². The standard InChI is InChI=1S/C10H8BrN3O3/c11-7-2-1-6(3-8(7)15)10(16)12-4-9-13-5-17-14-9/h1-3,5,15H,4H2,(H,12,16). The number of hydrogen-bond acceptors (Lipinski definition) is 5. The number of aromatic hydroxyl groups is 1. The Morgan fingerprint density at radius 2 is 2.35 bits per heavy atom. The normalized spacial score (nSPS) is 10.2. The first-order chi connectivity index (χ1) is 8.16. The third-order valence-corrected chi connectivity index (χ3v) is 2.69. The smallest absolute Gasteiger partial charge is 0.251 e. The van der Waals surface area contributed by atoms with Gasteiger partial charge < -0.3 is 14.9 Å². The molecule has 17 heavy (non-hydrogen) atoms. The zero-order chi connectivity index (χ0) is 12.3. The highest BCUT2D eigenvalue weighted by atomic mass is 79.9. The zero-order valence-electron chi connectivity index (χ0n) is 8.55. The fraction of sp³-hybridized carbons (Fsp3) is 0.100. The summed E-state index contributed by atoms with van der Waals surface area (Å²) in [6.45, 7) is 0.173. The summed E-state index contributed by atoms with van der Waals surface area (Å²) in [5, 5.41) is 15.6. The molecule has 0 saturated heterocycles. The number of phenols is 1. The molecule has 1 amide bonds. The van der Waals surface area contributed by atoms with Gasteiger partial charge in [0.2, 0.25) is 6.39 Å². The summed E-state index contributed by atoms with van der Waals surface area (Å²) < 4.78 is 5.06. The number of carbonyl (C=O) groups is 1. The van der Waals surface area contributed by atoms with Gasteiger partial charge in [-0.15, -0.1) is 0 Å². The Morgan fingerprint density at radius 3 is 3.00 bits per heavy atom. The number of rotatable bonds is 3. The van der Waals surface area contributed by atoms with Gasteiger partial charge in [-0.1, -0.05) is 5.16 Å². The van der Waals surface area contributed by atoms with Crippen LogP contribution < -0.4 is 5.32 Å². The first-order valence-corrected chi connectivity index (χ1v) is 5.48. The van der Waals surface area contributed by atoms with Crippen molar-refractivity contribution in [2.24, 2.45) is 0 Å². The maximum absolute atomic E-state index is 11.7. The third-order valence-electron chi connectivity index (χ3n) is 2.02. The van der Waals surface area contributed by atoms with Crippen LogP contribution in [0.25, 0.3) is 0 Å². The molecule has 2 aromatic rings. The molecule has 2 rings (SSSR count). The lowest BCUT2D eigenvalue weighted by atomic mass is 10.2. The number of aromatic nitrogens is 2. The van der Waals surface area contributed by atoms with Gasteiger partial charge in [0.05, 0.1) is 11.0 Å². The molecule has 0 radical (unpaired) electrons. The van der Waals surface area contributed by atoms with Gasteiger partial charge in [-0.2, -0.15) is 4.98 Å². The van der Waals surface area contributed by atoms with E-state index in [-0.39, 0.29) is 18.2 Å². The van der Waals surface area contributed by atoms with Crippen molar-refractivity contribution in [3.63, 3.8) is 0 Å². The van der Waals surface area contributed by atoms with Crippen LogP contribution in [0.1, 0.15) is 16.2 Å². The SMILES string of the molecule is O=C(NCc1ncon1)c1ccc(Br)c(O)c1. The van der Waals surface area contributed by atoms with Crippen LogP contribution in [0, 0.1) is 0 Å². The van der Waals surface area contributed by atoms with Crippen molar-refractivity contribution in [1.82, 2.24) is 15.5 Å². The number of nitrogens with one attached hydrogen (secondary N) is 1. The first kappa shape index (κ1) is 11.6. The van der Waals surface area contributed by atoms with E-state index >= 15 is 0 Å². The fourth-order valence-electron chi connectivity index (χ4n) is 1.19. The second-order valence-electron chi connectivity index (χ2n) is 3.20. The largest absolute Gasteiger partial charge is 0.507 e. The minimum atomic E-state index is -0.322. The van der Waals surface area contributed by atoms with Crippen molar-refractivity contribution >= 4 is 21.8 Å². The van der Waals surface area contributed by atoms with Gasteiger partial charge in [-0.25, -0.2) is 0 Å². The minimum absolute atomic E-state index is 0.0113. The molecule has 0 aliphatic rings. The van der Waals surface area contributed by atoms with Crippen LogP contribution >= 0.6 is 15.9 Å². The number of hydrogen-bond donors (Lipinski definition) is 2. The Morgan fingerprint density at radius 1 is 1.53 bits per heavy atom. The highest BCUT2D eigenvalue weighted by molar-refractivity contribution is 9.10. The average Bonchev–Trinajstić information content (AvgIpc) is 2.82. The van der Waals surface area contributed by atoms with Gasteiger partial charge in [0, 0.05) is 5.56 Å². The minimum Gasteiger partial charge on any atom is -0.507 e. The van der Waals surface area contributed by atoms with E-state index in [2.05, 4.69) is 35.9 Å². The molecule has 0 spiro atoms. The molecule has 1 aromatic carbocycles. The average molecular weight is 298 g/mol. The maximum atomic E-state index is 11.7. The molecule has 6 nitrogen and oxygen atoms in total. The highest BCUT2D eigenvalue weighted by Crippen LogP contribution is 2.24. The Hall–Kier alpha value is -1.89. The molecular formula is C10H8BrN3O3. The number of nitrogens with zero attached hydrogens (tertiary/aromatic N) is 2. The monoisotopic (exact) mass is 297 g/mol. The quantitative estimate of drug-likeness (QED) is 0.895. The lowest BCUT2D eigenvalue weighted by Gasteiger charge is -2.03. The van der Waals surface area contributed by atoms with Crippen LogP contribution in [0.3, 0.4) is 0 Å².